The predicted molar refractivity (Wildman–Crippen MR) is 93.9 cm³/mol. The number of thioether (sulfide) groups is 1. The molecule has 1 atom stereocenters. The molecule has 0 aromatic carbocycles. The first-order valence-electron chi connectivity index (χ1n) is 6.96. The van der Waals surface area contributed by atoms with Crippen LogP contribution in [0.25, 0.3) is 0 Å². The lowest BCUT2D eigenvalue weighted by molar-refractivity contribution is -0.141. The van der Waals surface area contributed by atoms with Crippen LogP contribution in [-0.4, -0.2) is 37.9 Å². The van der Waals surface area contributed by atoms with E-state index >= 15 is 0 Å². The number of rotatable bonds is 7. The normalized spacial score (nSPS) is 11.6. The van der Waals surface area contributed by atoms with Gasteiger partial charge in [0.25, 0.3) is 0 Å². The average molecular weight is 356 g/mol. The molecule has 0 aliphatic rings. The molecule has 9 heteroatoms. The molecule has 0 saturated heterocycles. The van der Waals surface area contributed by atoms with Gasteiger partial charge in [0.15, 0.2) is 0 Å². The first-order valence-corrected chi connectivity index (χ1v) is 8.24. The van der Waals surface area contributed by atoms with Crippen LogP contribution < -0.4 is 11.1 Å². The van der Waals surface area contributed by atoms with E-state index in [2.05, 4.69) is 15.3 Å². The first-order chi connectivity index (χ1) is 10.8. The second kappa shape index (κ2) is 9.41. The third kappa shape index (κ3) is 7.38. The van der Waals surface area contributed by atoms with E-state index in [0.29, 0.717) is 28.9 Å². The summed E-state index contributed by atoms with van der Waals surface area (Å²) in [5.41, 5.74) is 6.54. The van der Waals surface area contributed by atoms with E-state index in [1.54, 1.807) is 13.1 Å². The van der Waals surface area contributed by atoms with E-state index in [0.717, 1.165) is 5.56 Å². The Morgan fingerprint density at radius 1 is 1.48 bits per heavy atom. The smallest absolute Gasteiger partial charge is 0.302 e. The molecule has 0 fully saturated rings. The Morgan fingerprint density at radius 3 is 2.74 bits per heavy atom. The van der Waals surface area contributed by atoms with Crippen LogP contribution >= 0.6 is 24.0 Å². The van der Waals surface area contributed by atoms with Crippen molar-refractivity contribution in [3.63, 3.8) is 0 Å². The number of aryl methyl sites for hydroxylation is 1. The summed E-state index contributed by atoms with van der Waals surface area (Å²) in [6, 6.07) is 0. The van der Waals surface area contributed by atoms with Gasteiger partial charge in [0.1, 0.15) is 21.7 Å². The number of nitrogens with two attached hydrogens (primary N) is 1. The van der Waals surface area contributed by atoms with Crippen LogP contribution in [0.3, 0.4) is 0 Å². The number of thiocarbonyl (C=S) groups is 1. The van der Waals surface area contributed by atoms with Gasteiger partial charge in [-0.15, -0.1) is 0 Å². The number of Topliss-reactive ketones (excluding diaryl/α,β-unsaturated/α-hetero) is 1. The van der Waals surface area contributed by atoms with Crippen LogP contribution in [0, 0.1) is 6.92 Å². The number of carbonyl (C=O) groups is 2. The minimum Gasteiger partial charge on any atom is -0.466 e. The first kappa shape index (κ1) is 19.3. The SMILES string of the molecule is CC(=O)OCCC(SC(=S)NCc1cnc(C)nc1N)C(C)=O. The molecule has 1 unspecified atom stereocenters. The van der Waals surface area contributed by atoms with Crippen LogP contribution in [0.4, 0.5) is 5.82 Å². The van der Waals surface area contributed by atoms with Gasteiger partial charge in [-0.2, -0.15) is 0 Å². The van der Waals surface area contributed by atoms with Crippen molar-refractivity contribution in [1.29, 1.82) is 0 Å². The van der Waals surface area contributed by atoms with Gasteiger partial charge in [0, 0.05) is 31.6 Å². The highest BCUT2D eigenvalue weighted by molar-refractivity contribution is 8.23. The second-order valence-corrected chi connectivity index (χ2v) is 6.69. The average Bonchev–Trinajstić information content (AvgIpc) is 2.44. The van der Waals surface area contributed by atoms with Crippen LogP contribution in [0.15, 0.2) is 6.20 Å². The number of anilines is 1. The fourth-order valence-electron chi connectivity index (χ4n) is 1.64. The number of nitrogen functional groups attached to an aromatic ring is 1. The van der Waals surface area contributed by atoms with Crippen molar-refractivity contribution < 1.29 is 14.3 Å². The fraction of sp³-hybridized carbons (Fsp3) is 0.500. The van der Waals surface area contributed by atoms with Crippen LogP contribution in [-0.2, 0) is 20.9 Å². The van der Waals surface area contributed by atoms with E-state index in [1.165, 1.54) is 25.6 Å². The number of aromatic nitrogens is 2. The molecule has 0 amide bonds. The highest BCUT2D eigenvalue weighted by Crippen LogP contribution is 2.18. The molecular formula is C14H20N4O3S2. The lowest BCUT2D eigenvalue weighted by Crippen LogP contribution is -2.25. The molecule has 0 aliphatic carbocycles. The van der Waals surface area contributed by atoms with Gasteiger partial charge < -0.3 is 15.8 Å². The molecule has 23 heavy (non-hydrogen) atoms. The van der Waals surface area contributed by atoms with Crippen LogP contribution in [0.2, 0.25) is 0 Å². The summed E-state index contributed by atoms with van der Waals surface area (Å²) in [5, 5.41) is 2.66. The van der Waals surface area contributed by atoms with E-state index in [9.17, 15) is 9.59 Å². The van der Waals surface area contributed by atoms with E-state index in [1.807, 2.05) is 0 Å². The number of carbonyl (C=O) groups excluding carboxylic acids is 2. The van der Waals surface area contributed by atoms with Gasteiger partial charge in [-0.1, -0.05) is 24.0 Å². The molecule has 1 aromatic rings. The second-order valence-electron chi connectivity index (χ2n) is 4.81. The number of hydrogen-bond acceptors (Lipinski definition) is 8. The summed E-state index contributed by atoms with van der Waals surface area (Å²) in [4.78, 5) is 30.5. The molecule has 1 heterocycles. The van der Waals surface area contributed by atoms with Gasteiger partial charge >= 0.3 is 5.97 Å². The number of esters is 1. The lowest BCUT2D eigenvalue weighted by Gasteiger charge is -2.15. The highest BCUT2D eigenvalue weighted by Gasteiger charge is 2.18. The van der Waals surface area contributed by atoms with Gasteiger partial charge in [-0.3, -0.25) is 9.59 Å². The third-order valence-corrected chi connectivity index (χ3v) is 4.47. The summed E-state index contributed by atoms with van der Waals surface area (Å²) >= 11 is 6.46. The zero-order chi connectivity index (χ0) is 17.4. The Hall–Kier alpha value is -1.74. The largest absolute Gasteiger partial charge is 0.466 e. The molecule has 126 valence electrons. The van der Waals surface area contributed by atoms with E-state index < -0.39 is 0 Å². The highest BCUT2D eigenvalue weighted by atomic mass is 32.2. The molecule has 3 N–H and O–H groups in total. The third-order valence-electron chi connectivity index (χ3n) is 2.83. The Balaban J connectivity index is 2.48. The summed E-state index contributed by atoms with van der Waals surface area (Å²) < 4.78 is 5.32. The maximum absolute atomic E-state index is 11.6. The Labute approximate surface area is 144 Å². The van der Waals surface area contributed by atoms with Crippen molar-refractivity contribution in [3.8, 4) is 0 Å². The zero-order valence-corrected chi connectivity index (χ0v) is 14.9. The molecule has 0 radical (unpaired) electrons. The topological polar surface area (TPSA) is 107 Å². The van der Waals surface area contributed by atoms with Crippen molar-refractivity contribution in [3.05, 3.63) is 17.6 Å². The fourth-order valence-corrected chi connectivity index (χ4v) is 2.86. The van der Waals surface area contributed by atoms with Crippen LogP contribution in [0.1, 0.15) is 31.7 Å². The number of ether oxygens (including phenoxy) is 1. The maximum Gasteiger partial charge on any atom is 0.302 e. The summed E-state index contributed by atoms with van der Waals surface area (Å²) in [7, 11) is 0. The number of ketones is 1. The molecule has 1 aromatic heterocycles. The van der Waals surface area contributed by atoms with Crippen molar-refractivity contribution in [2.45, 2.75) is 39.0 Å². The number of nitrogens with one attached hydrogen (secondary N) is 1. The van der Waals surface area contributed by atoms with Gasteiger partial charge in [-0.25, -0.2) is 9.97 Å². The van der Waals surface area contributed by atoms with Gasteiger partial charge in [-0.05, 0) is 13.8 Å². The quantitative estimate of drug-likeness (QED) is 0.553. The van der Waals surface area contributed by atoms with Crippen molar-refractivity contribution in [2.24, 2.45) is 0 Å². The van der Waals surface area contributed by atoms with Gasteiger partial charge in [0.2, 0.25) is 0 Å². The minimum atomic E-state index is -0.368. The summed E-state index contributed by atoms with van der Waals surface area (Å²) in [5.74, 6) is 0.610. The Kier molecular flexibility index (Phi) is 7.90. The summed E-state index contributed by atoms with van der Waals surface area (Å²) in [6.45, 7) is 5.14. The Morgan fingerprint density at radius 2 is 2.17 bits per heavy atom. The van der Waals surface area contributed by atoms with E-state index in [-0.39, 0.29) is 23.6 Å². The summed E-state index contributed by atoms with van der Waals surface area (Å²) in [6.07, 6.45) is 2.05. The van der Waals surface area contributed by atoms with Crippen molar-refractivity contribution in [2.75, 3.05) is 12.3 Å². The van der Waals surface area contributed by atoms with Gasteiger partial charge in [0.05, 0.1) is 11.9 Å². The Bertz CT molecular complexity index is 595. The minimum absolute atomic E-state index is 0.0236. The molecule has 0 bridgehead atoms. The maximum atomic E-state index is 11.6. The lowest BCUT2D eigenvalue weighted by atomic mass is 10.2. The predicted octanol–water partition coefficient (Wildman–Crippen LogP) is 1.39. The molecular weight excluding hydrogens is 336 g/mol. The standard InChI is InChI=1S/C14H20N4O3S2/c1-8(19)12(4-5-21-10(3)20)23-14(22)17-7-11-6-16-9(2)18-13(11)15/h6,12H,4-5,7H2,1-3H3,(H,17,22)(H2,15,16,18). The zero-order valence-electron chi connectivity index (χ0n) is 13.3. The molecule has 7 nitrogen and oxygen atoms in total. The number of hydrogen-bond donors (Lipinski definition) is 2. The molecule has 0 saturated carbocycles. The monoisotopic (exact) mass is 356 g/mol. The molecule has 1 rings (SSSR count). The molecule has 0 spiro atoms. The van der Waals surface area contributed by atoms with Crippen molar-refractivity contribution >= 4 is 45.9 Å². The molecule has 0 aliphatic heterocycles. The van der Waals surface area contributed by atoms with E-state index in [4.69, 9.17) is 22.7 Å². The van der Waals surface area contributed by atoms with Crippen molar-refractivity contribution in [1.82, 2.24) is 15.3 Å². The van der Waals surface area contributed by atoms with Crippen LogP contribution in [0.5, 0.6) is 0 Å². The number of nitrogens with zero attached hydrogens (tertiary/aromatic N) is 2.